The fourth-order valence-electron chi connectivity index (χ4n) is 5.12. The first-order chi connectivity index (χ1) is 20.7. The molecule has 5 aromatic rings. The topological polar surface area (TPSA) is 120 Å². The van der Waals surface area contributed by atoms with Crippen molar-refractivity contribution < 1.29 is 14.3 Å². The number of likely N-dealkylation sites (tertiary alicyclic amines) is 1. The normalized spacial score (nSPS) is 16.2. The lowest BCUT2D eigenvalue weighted by atomic mass is 10.1. The molecule has 1 aliphatic carbocycles. The van der Waals surface area contributed by atoms with Crippen molar-refractivity contribution in [2.75, 3.05) is 18.4 Å². The van der Waals surface area contributed by atoms with E-state index < -0.39 is 5.60 Å². The van der Waals surface area contributed by atoms with Gasteiger partial charge in [0.1, 0.15) is 5.60 Å². The molecule has 5 heterocycles. The number of nitrogens with zero attached hydrogens (tertiary/aromatic N) is 7. The van der Waals surface area contributed by atoms with Crippen LogP contribution in [-0.4, -0.2) is 65.0 Å². The van der Waals surface area contributed by atoms with Crippen LogP contribution < -0.4 is 5.32 Å². The van der Waals surface area contributed by atoms with Gasteiger partial charge in [0, 0.05) is 47.4 Å². The summed E-state index contributed by atoms with van der Waals surface area (Å²) in [6.45, 7) is 6.95. The third-order valence-corrected chi connectivity index (χ3v) is 9.43. The average Bonchev–Trinajstić information content (AvgIpc) is 3.39. The molecule has 1 saturated carbocycles. The number of anilines is 1. The minimum Gasteiger partial charge on any atom is -0.444 e. The van der Waals surface area contributed by atoms with Gasteiger partial charge in [-0.2, -0.15) is 5.10 Å². The predicted octanol–water partition coefficient (Wildman–Crippen LogP) is 6.27. The Morgan fingerprint density at radius 2 is 1.84 bits per heavy atom. The van der Waals surface area contributed by atoms with Crippen molar-refractivity contribution in [2.24, 2.45) is 5.92 Å². The Morgan fingerprint density at radius 1 is 1.02 bits per heavy atom. The maximum atomic E-state index is 12.4. The van der Waals surface area contributed by atoms with Crippen LogP contribution in [0.2, 0.25) is 0 Å². The number of aromatic nitrogens is 6. The number of rotatable bonds is 6. The summed E-state index contributed by atoms with van der Waals surface area (Å²) in [6.07, 6.45) is 9.32. The van der Waals surface area contributed by atoms with Crippen LogP contribution in [0.15, 0.2) is 59.0 Å². The van der Waals surface area contributed by atoms with Gasteiger partial charge in [0.2, 0.25) is 5.91 Å². The van der Waals surface area contributed by atoms with Gasteiger partial charge in [-0.15, -0.1) is 10.2 Å². The molecular weight excluding hydrogens is 585 g/mol. The maximum Gasteiger partial charge on any atom is 0.410 e. The van der Waals surface area contributed by atoms with Crippen molar-refractivity contribution in [1.82, 2.24) is 34.3 Å². The van der Waals surface area contributed by atoms with Crippen molar-refractivity contribution in [2.45, 2.75) is 68.1 Å². The fraction of sp³-hybridized carbons (Fsp3) is 0.400. The van der Waals surface area contributed by atoms with E-state index in [1.165, 1.54) is 23.1 Å². The third-order valence-electron chi connectivity index (χ3n) is 7.54. The summed E-state index contributed by atoms with van der Waals surface area (Å²) in [7, 11) is 0. The van der Waals surface area contributed by atoms with Crippen molar-refractivity contribution >= 4 is 56.1 Å². The highest BCUT2D eigenvalue weighted by Crippen LogP contribution is 2.35. The molecule has 222 valence electrons. The molecule has 43 heavy (non-hydrogen) atoms. The Labute approximate surface area is 256 Å². The molecule has 4 aromatic heterocycles. The second-order valence-corrected chi connectivity index (χ2v) is 14.1. The molecule has 1 aliphatic heterocycles. The van der Waals surface area contributed by atoms with Gasteiger partial charge < -0.3 is 15.0 Å². The Kier molecular flexibility index (Phi) is 7.08. The van der Waals surface area contributed by atoms with Crippen LogP contribution in [0.3, 0.4) is 0 Å². The van der Waals surface area contributed by atoms with Crippen LogP contribution in [0.5, 0.6) is 0 Å². The number of thiazole rings is 1. The average molecular weight is 617 g/mol. The molecule has 13 heteroatoms. The number of hydrogen-bond donors (Lipinski definition) is 1. The third kappa shape index (κ3) is 6.09. The minimum atomic E-state index is -0.497. The zero-order valence-electron chi connectivity index (χ0n) is 24.2. The number of fused-ring (bicyclic) bond motifs is 2. The molecule has 1 saturated heterocycles. The monoisotopic (exact) mass is 616 g/mol. The molecule has 0 bridgehead atoms. The fourth-order valence-corrected chi connectivity index (χ4v) is 6.95. The molecule has 0 atom stereocenters. The number of ether oxygens (including phenoxy) is 1. The lowest BCUT2D eigenvalue weighted by Gasteiger charge is -2.33. The van der Waals surface area contributed by atoms with Crippen LogP contribution >= 0.6 is 23.1 Å². The van der Waals surface area contributed by atoms with Crippen molar-refractivity contribution in [3.63, 3.8) is 0 Å². The van der Waals surface area contributed by atoms with Crippen LogP contribution in [0, 0.1) is 5.92 Å². The summed E-state index contributed by atoms with van der Waals surface area (Å²) in [5.41, 5.74) is 3.15. The largest absolute Gasteiger partial charge is 0.444 e. The molecule has 11 nitrogen and oxygen atoms in total. The van der Waals surface area contributed by atoms with E-state index in [2.05, 4.69) is 37.9 Å². The van der Waals surface area contributed by atoms with Crippen LogP contribution in [0.4, 0.5) is 9.93 Å². The number of carbonyl (C=O) groups excluding carboxylic acids is 2. The Bertz CT molecular complexity index is 1830. The summed E-state index contributed by atoms with van der Waals surface area (Å²) >= 11 is 3.02. The van der Waals surface area contributed by atoms with Gasteiger partial charge >= 0.3 is 6.09 Å². The van der Waals surface area contributed by atoms with E-state index in [-0.39, 0.29) is 24.0 Å². The summed E-state index contributed by atoms with van der Waals surface area (Å²) in [5, 5.41) is 17.8. The van der Waals surface area contributed by atoms with Gasteiger partial charge in [0.25, 0.3) is 0 Å². The van der Waals surface area contributed by atoms with Crippen molar-refractivity contribution in [3.8, 4) is 11.1 Å². The highest BCUT2D eigenvalue weighted by atomic mass is 32.2. The number of nitrogens with one attached hydrogen (secondary N) is 1. The number of pyridine rings is 1. The smallest absolute Gasteiger partial charge is 0.410 e. The van der Waals surface area contributed by atoms with Crippen LogP contribution in [-0.2, 0) is 9.53 Å². The Balaban J connectivity index is 1.04. The highest BCUT2D eigenvalue weighted by molar-refractivity contribution is 7.99. The zero-order valence-corrected chi connectivity index (χ0v) is 25.8. The number of piperidine rings is 1. The van der Waals surface area contributed by atoms with E-state index >= 15 is 0 Å². The molecule has 1 N–H and O–H groups in total. The van der Waals surface area contributed by atoms with Gasteiger partial charge in [-0.1, -0.05) is 11.3 Å². The van der Waals surface area contributed by atoms with Crippen molar-refractivity contribution in [1.29, 1.82) is 0 Å². The minimum absolute atomic E-state index is 0.0634. The SMILES string of the molecule is CC(C)(C)OC(=O)N1CCC(n2cc(-c3ccc4nnc(Sc5ccc6nc(NC(=O)C7CC7)sc6c5)n4c3)cn2)CC1. The molecule has 7 rings (SSSR count). The summed E-state index contributed by atoms with van der Waals surface area (Å²) in [5.74, 6) is 0.205. The first kappa shape index (κ1) is 27.8. The van der Waals surface area contributed by atoms with E-state index in [1.807, 2.05) is 66.5 Å². The first-order valence-corrected chi connectivity index (χ1v) is 16.1. The first-order valence-electron chi connectivity index (χ1n) is 14.4. The van der Waals surface area contributed by atoms with Gasteiger partial charge in [-0.3, -0.25) is 13.9 Å². The highest BCUT2D eigenvalue weighted by Gasteiger charge is 2.30. The van der Waals surface area contributed by atoms with Crippen molar-refractivity contribution in [3.05, 3.63) is 48.9 Å². The lowest BCUT2D eigenvalue weighted by Crippen LogP contribution is -2.42. The molecule has 0 spiro atoms. The molecule has 2 aliphatic rings. The van der Waals surface area contributed by atoms with Crippen LogP contribution in [0.25, 0.3) is 27.0 Å². The predicted molar refractivity (Wildman–Crippen MR) is 165 cm³/mol. The molecule has 1 aromatic carbocycles. The van der Waals surface area contributed by atoms with Gasteiger partial charge in [0.05, 0.1) is 22.5 Å². The molecule has 2 amide bonds. The van der Waals surface area contributed by atoms with Crippen LogP contribution in [0.1, 0.15) is 52.5 Å². The van der Waals surface area contributed by atoms with Gasteiger partial charge in [-0.05, 0) is 88.5 Å². The Morgan fingerprint density at radius 3 is 2.60 bits per heavy atom. The summed E-state index contributed by atoms with van der Waals surface area (Å²) in [4.78, 5) is 32.0. The number of carbonyl (C=O) groups is 2. The second-order valence-electron chi connectivity index (χ2n) is 12.1. The molecule has 0 unspecified atom stereocenters. The molecular formula is C30H32N8O3S2. The van der Waals surface area contributed by atoms with E-state index in [0.717, 1.165) is 62.7 Å². The quantitative estimate of drug-likeness (QED) is 0.237. The maximum absolute atomic E-state index is 12.4. The summed E-state index contributed by atoms with van der Waals surface area (Å²) < 4.78 is 10.5. The standard InChI is InChI=1S/C30H32N8O3S2/c1-30(2,3)41-29(40)36-12-10-21(11-13-36)38-17-20(15-31-38)19-6-9-25-34-35-28(37(25)16-19)42-22-7-8-23-24(14-22)43-27(32-23)33-26(39)18-4-5-18/h6-9,14-18,21H,4-5,10-13H2,1-3H3,(H,32,33,39). The number of hydrogen-bond acceptors (Lipinski definition) is 9. The summed E-state index contributed by atoms with van der Waals surface area (Å²) in [6, 6.07) is 10.3. The van der Waals surface area contributed by atoms with E-state index in [4.69, 9.17) is 4.74 Å². The number of amides is 2. The molecule has 2 fully saturated rings. The van der Waals surface area contributed by atoms with E-state index in [0.29, 0.717) is 18.2 Å². The Hall–Kier alpha value is -3.97. The van der Waals surface area contributed by atoms with Gasteiger partial charge in [0.15, 0.2) is 15.9 Å². The molecule has 0 radical (unpaired) electrons. The van der Waals surface area contributed by atoms with Gasteiger partial charge in [-0.25, -0.2) is 9.78 Å². The second kappa shape index (κ2) is 10.9. The van der Waals surface area contributed by atoms with E-state index in [1.54, 1.807) is 4.90 Å². The number of benzene rings is 1. The van der Waals surface area contributed by atoms with E-state index in [9.17, 15) is 9.59 Å². The lowest BCUT2D eigenvalue weighted by molar-refractivity contribution is -0.117. The zero-order chi connectivity index (χ0) is 29.7.